The predicted molar refractivity (Wildman–Crippen MR) is 104 cm³/mol. The largest absolute Gasteiger partial charge is 0.508 e. The minimum atomic E-state index is -1.55. The van der Waals surface area contributed by atoms with Gasteiger partial charge in [-0.15, -0.1) is 0 Å². The van der Waals surface area contributed by atoms with Gasteiger partial charge in [0.15, 0.2) is 30.0 Å². The van der Waals surface area contributed by atoms with Crippen molar-refractivity contribution in [3.8, 4) is 28.7 Å². The van der Waals surface area contributed by atoms with Crippen molar-refractivity contribution in [2.75, 3.05) is 6.61 Å². The van der Waals surface area contributed by atoms with E-state index in [1.165, 1.54) is 12.1 Å². The van der Waals surface area contributed by atoms with Gasteiger partial charge in [0.1, 0.15) is 28.9 Å². The highest BCUT2D eigenvalue weighted by atomic mass is 16.7. The van der Waals surface area contributed by atoms with Crippen molar-refractivity contribution in [2.24, 2.45) is 0 Å². The Hall–Kier alpha value is -3.09. The lowest BCUT2D eigenvalue weighted by atomic mass is 9.92. The lowest BCUT2D eigenvalue weighted by molar-refractivity contribution is -0.285. The Morgan fingerprint density at radius 2 is 1.75 bits per heavy atom. The van der Waals surface area contributed by atoms with E-state index in [1.807, 2.05) is 0 Å². The molecule has 11 heteroatoms. The average molecular weight is 450 g/mol. The molecule has 0 saturated carbocycles. The molecule has 172 valence electrons. The molecule has 7 N–H and O–H groups in total. The number of fused-ring (bicyclic) bond motifs is 1. The molecule has 0 aromatic heterocycles. The van der Waals surface area contributed by atoms with Crippen molar-refractivity contribution in [3.05, 3.63) is 41.5 Å². The number of hydrogen-bond acceptors (Lipinski definition) is 11. The Morgan fingerprint density at radius 1 is 1.00 bits per heavy atom. The predicted octanol–water partition coefficient (Wildman–Crippen LogP) is 0.0397. The van der Waals surface area contributed by atoms with E-state index in [1.54, 1.807) is 0 Å². The van der Waals surface area contributed by atoms with Gasteiger partial charge in [-0.3, -0.25) is 4.79 Å². The molecule has 2 aliphatic heterocycles. The quantitative estimate of drug-likeness (QED) is 0.312. The standard InChI is InChI=1S/C21H22O11/c22-7-10-6-14(27)17(28)21(30-10)32-20-18(29)16-13(26)4-9(23)5-15(16)31-19(20)8-1-2-11(24)12(25)3-8/h1-5,10,14,17,19-28H,6-7H2/t10-,14-,17+,19?,20?,21?/m0/s1. The molecule has 0 aliphatic carbocycles. The molecule has 6 atom stereocenters. The number of phenols is 4. The number of carbonyl (C=O) groups is 1. The molecular weight excluding hydrogens is 428 g/mol. The summed E-state index contributed by atoms with van der Waals surface area (Å²) in [5, 5.41) is 69.2. The van der Waals surface area contributed by atoms with Crippen LogP contribution in [-0.4, -0.2) is 78.8 Å². The number of aliphatic hydroxyl groups excluding tert-OH is 3. The molecule has 2 aliphatic rings. The summed E-state index contributed by atoms with van der Waals surface area (Å²) in [6, 6.07) is 5.74. The van der Waals surface area contributed by atoms with E-state index in [0.717, 1.165) is 18.2 Å². The smallest absolute Gasteiger partial charge is 0.203 e. The third-order valence-electron chi connectivity index (χ3n) is 5.42. The van der Waals surface area contributed by atoms with Gasteiger partial charge in [-0.05, 0) is 17.7 Å². The van der Waals surface area contributed by atoms with Crippen molar-refractivity contribution in [1.29, 1.82) is 0 Å². The summed E-state index contributed by atoms with van der Waals surface area (Å²) in [7, 11) is 0. The van der Waals surface area contributed by atoms with E-state index in [2.05, 4.69) is 0 Å². The zero-order valence-corrected chi connectivity index (χ0v) is 16.5. The normalized spacial score (nSPS) is 29.9. The SMILES string of the molecule is O=C1c2c(O)cc(O)cc2OC(c2ccc(O)c(O)c2)C1OC1O[C@H](CO)C[C@H](O)[C@H]1O. The topological polar surface area (TPSA) is 186 Å². The number of aromatic hydroxyl groups is 4. The first-order chi connectivity index (χ1) is 15.2. The van der Waals surface area contributed by atoms with Crippen LogP contribution in [0.1, 0.15) is 28.4 Å². The van der Waals surface area contributed by atoms with E-state index in [-0.39, 0.29) is 29.0 Å². The van der Waals surface area contributed by atoms with Gasteiger partial charge in [0.05, 0.1) is 18.8 Å². The lowest BCUT2D eigenvalue weighted by Crippen LogP contribution is -2.53. The highest BCUT2D eigenvalue weighted by molar-refractivity contribution is 6.05. The fourth-order valence-corrected chi connectivity index (χ4v) is 3.79. The number of benzene rings is 2. The minimum Gasteiger partial charge on any atom is -0.508 e. The molecule has 0 amide bonds. The summed E-state index contributed by atoms with van der Waals surface area (Å²) in [5.41, 5.74) is -0.0895. The molecule has 2 aromatic rings. The fraction of sp³-hybridized carbons (Fsp3) is 0.381. The molecule has 0 bridgehead atoms. The maximum Gasteiger partial charge on any atom is 0.203 e. The first kappa shape index (κ1) is 22.1. The molecule has 1 saturated heterocycles. The number of ketones is 1. The van der Waals surface area contributed by atoms with Crippen LogP contribution in [0.4, 0.5) is 0 Å². The van der Waals surface area contributed by atoms with Gasteiger partial charge in [-0.1, -0.05) is 6.07 Å². The number of aliphatic hydroxyl groups is 3. The van der Waals surface area contributed by atoms with Crippen LogP contribution in [0.3, 0.4) is 0 Å². The first-order valence-electron chi connectivity index (χ1n) is 9.76. The summed E-state index contributed by atoms with van der Waals surface area (Å²) < 4.78 is 17.0. The van der Waals surface area contributed by atoms with E-state index in [9.17, 15) is 40.5 Å². The summed E-state index contributed by atoms with van der Waals surface area (Å²) in [6.45, 7) is -0.461. The lowest BCUT2D eigenvalue weighted by Gasteiger charge is -2.40. The summed E-state index contributed by atoms with van der Waals surface area (Å²) >= 11 is 0. The highest BCUT2D eigenvalue weighted by Crippen LogP contribution is 2.44. The van der Waals surface area contributed by atoms with Crippen LogP contribution in [0.15, 0.2) is 30.3 Å². The molecule has 3 unspecified atom stereocenters. The Bertz CT molecular complexity index is 1020. The molecule has 4 rings (SSSR count). The van der Waals surface area contributed by atoms with Gasteiger partial charge in [-0.25, -0.2) is 0 Å². The molecule has 32 heavy (non-hydrogen) atoms. The van der Waals surface area contributed by atoms with Crippen LogP contribution >= 0.6 is 0 Å². The Balaban J connectivity index is 1.75. The zero-order valence-electron chi connectivity index (χ0n) is 16.5. The summed E-state index contributed by atoms with van der Waals surface area (Å²) in [6.07, 6.45) is -8.07. The van der Waals surface area contributed by atoms with E-state index in [4.69, 9.17) is 14.2 Å². The van der Waals surface area contributed by atoms with Crippen molar-refractivity contribution in [3.63, 3.8) is 0 Å². The second-order valence-electron chi connectivity index (χ2n) is 7.65. The Morgan fingerprint density at radius 3 is 2.44 bits per heavy atom. The van der Waals surface area contributed by atoms with Gasteiger partial charge in [0.25, 0.3) is 0 Å². The molecule has 2 aromatic carbocycles. The van der Waals surface area contributed by atoms with Crippen LogP contribution < -0.4 is 4.74 Å². The molecule has 2 heterocycles. The Labute approximate surface area is 181 Å². The Kier molecular flexibility index (Phi) is 5.84. The number of hydrogen-bond donors (Lipinski definition) is 7. The summed E-state index contributed by atoms with van der Waals surface area (Å²) in [4.78, 5) is 13.3. The minimum absolute atomic E-state index is 0.0508. The van der Waals surface area contributed by atoms with Crippen LogP contribution in [0.25, 0.3) is 0 Å². The van der Waals surface area contributed by atoms with E-state index >= 15 is 0 Å². The van der Waals surface area contributed by atoms with Gasteiger partial charge in [-0.2, -0.15) is 0 Å². The van der Waals surface area contributed by atoms with Crippen molar-refractivity contribution in [2.45, 2.75) is 43.2 Å². The van der Waals surface area contributed by atoms with Gasteiger partial charge < -0.3 is 50.0 Å². The highest BCUT2D eigenvalue weighted by Gasteiger charge is 2.46. The number of carbonyl (C=O) groups excluding carboxylic acids is 1. The van der Waals surface area contributed by atoms with Crippen LogP contribution in [0.5, 0.6) is 28.7 Å². The van der Waals surface area contributed by atoms with Crippen molar-refractivity contribution < 1.29 is 54.8 Å². The molecule has 0 radical (unpaired) electrons. The molecule has 11 nitrogen and oxygen atoms in total. The average Bonchev–Trinajstić information content (AvgIpc) is 2.74. The number of rotatable bonds is 4. The van der Waals surface area contributed by atoms with E-state index < -0.39 is 66.4 Å². The van der Waals surface area contributed by atoms with Crippen LogP contribution in [0, 0.1) is 0 Å². The van der Waals surface area contributed by atoms with Gasteiger partial charge in [0, 0.05) is 18.6 Å². The van der Waals surface area contributed by atoms with Crippen LogP contribution in [-0.2, 0) is 9.47 Å². The maximum absolute atomic E-state index is 13.3. The molecular formula is C21H22O11. The summed E-state index contributed by atoms with van der Waals surface area (Å²) in [5.74, 6) is -2.76. The van der Waals surface area contributed by atoms with Gasteiger partial charge >= 0.3 is 0 Å². The molecule has 1 fully saturated rings. The van der Waals surface area contributed by atoms with Crippen LogP contribution in [0.2, 0.25) is 0 Å². The number of Topliss-reactive ketones (excluding diaryl/α,β-unsaturated/α-hetero) is 1. The fourth-order valence-electron chi connectivity index (χ4n) is 3.79. The monoisotopic (exact) mass is 450 g/mol. The van der Waals surface area contributed by atoms with Crippen molar-refractivity contribution >= 4 is 5.78 Å². The molecule has 0 spiro atoms. The zero-order chi connectivity index (χ0) is 23.2. The van der Waals surface area contributed by atoms with Crippen molar-refractivity contribution in [1.82, 2.24) is 0 Å². The third-order valence-corrected chi connectivity index (χ3v) is 5.42. The maximum atomic E-state index is 13.3. The third kappa shape index (κ3) is 3.92. The first-order valence-corrected chi connectivity index (χ1v) is 9.76. The second kappa shape index (κ2) is 8.45. The number of ether oxygens (including phenoxy) is 3. The second-order valence-corrected chi connectivity index (χ2v) is 7.65. The van der Waals surface area contributed by atoms with E-state index in [0.29, 0.717) is 0 Å². The van der Waals surface area contributed by atoms with Gasteiger partial charge in [0.2, 0.25) is 5.78 Å². The number of phenolic OH excluding ortho intramolecular Hbond substituents is 4.